The van der Waals surface area contributed by atoms with Crippen molar-refractivity contribution < 1.29 is 9.90 Å². The standard InChI is InChI=1S/C15H15BrN2O2/c16-12-5-1-3-10-6-7-13(17-14(10)12)18-8-2-4-11(9-18)15(19)20/h1,3,5-7,11H,2,4,8-9H2,(H,19,20). The summed E-state index contributed by atoms with van der Waals surface area (Å²) in [5.41, 5.74) is 0.919. The number of anilines is 1. The maximum absolute atomic E-state index is 11.1. The number of hydrogen-bond donors (Lipinski definition) is 1. The van der Waals surface area contributed by atoms with Crippen LogP contribution in [0.15, 0.2) is 34.8 Å². The molecule has 0 amide bonds. The van der Waals surface area contributed by atoms with Crippen molar-refractivity contribution in [3.8, 4) is 0 Å². The number of aliphatic carboxylic acids is 1. The summed E-state index contributed by atoms with van der Waals surface area (Å²) in [6.07, 6.45) is 1.65. The summed E-state index contributed by atoms with van der Waals surface area (Å²) < 4.78 is 0.962. The summed E-state index contributed by atoms with van der Waals surface area (Å²) in [4.78, 5) is 17.9. The van der Waals surface area contributed by atoms with Gasteiger partial charge in [0.25, 0.3) is 0 Å². The largest absolute Gasteiger partial charge is 0.481 e. The lowest BCUT2D eigenvalue weighted by Gasteiger charge is -2.31. The van der Waals surface area contributed by atoms with Gasteiger partial charge in [-0.2, -0.15) is 0 Å². The summed E-state index contributed by atoms with van der Waals surface area (Å²) >= 11 is 3.51. The number of nitrogens with zero attached hydrogens (tertiary/aromatic N) is 2. The summed E-state index contributed by atoms with van der Waals surface area (Å²) in [6, 6.07) is 9.98. The predicted molar refractivity (Wildman–Crippen MR) is 82.0 cm³/mol. The van der Waals surface area contributed by atoms with Gasteiger partial charge in [0, 0.05) is 22.9 Å². The third kappa shape index (κ3) is 2.50. The molecule has 0 aliphatic carbocycles. The molecule has 1 saturated heterocycles. The Balaban J connectivity index is 1.93. The second-order valence-corrected chi connectivity index (χ2v) is 5.96. The van der Waals surface area contributed by atoms with Gasteiger partial charge in [-0.1, -0.05) is 12.1 Å². The van der Waals surface area contributed by atoms with Gasteiger partial charge in [-0.05, 0) is 47.0 Å². The van der Waals surface area contributed by atoms with Crippen LogP contribution in [0.3, 0.4) is 0 Å². The molecule has 0 radical (unpaired) electrons. The highest BCUT2D eigenvalue weighted by Crippen LogP contribution is 2.27. The first kappa shape index (κ1) is 13.4. The van der Waals surface area contributed by atoms with Gasteiger partial charge in [-0.25, -0.2) is 4.98 Å². The van der Waals surface area contributed by atoms with E-state index in [1.807, 2.05) is 30.3 Å². The molecule has 3 rings (SSSR count). The van der Waals surface area contributed by atoms with Gasteiger partial charge in [0.05, 0.1) is 11.4 Å². The van der Waals surface area contributed by atoms with Crippen LogP contribution >= 0.6 is 15.9 Å². The van der Waals surface area contributed by atoms with Crippen molar-refractivity contribution in [2.24, 2.45) is 5.92 Å². The molecule has 4 nitrogen and oxygen atoms in total. The van der Waals surface area contributed by atoms with E-state index in [-0.39, 0.29) is 5.92 Å². The van der Waals surface area contributed by atoms with Crippen molar-refractivity contribution >= 4 is 38.6 Å². The Morgan fingerprint density at radius 3 is 3.00 bits per heavy atom. The van der Waals surface area contributed by atoms with Gasteiger partial charge in [-0.15, -0.1) is 0 Å². The smallest absolute Gasteiger partial charge is 0.308 e. The minimum Gasteiger partial charge on any atom is -0.481 e. The third-order valence-corrected chi connectivity index (χ3v) is 4.39. The van der Waals surface area contributed by atoms with E-state index < -0.39 is 5.97 Å². The highest BCUT2D eigenvalue weighted by atomic mass is 79.9. The SMILES string of the molecule is O=C(O)C1CCCN(c2ccc3cccc(Br)c3n2)C1. The Labute approximate surface area is 125 Å². The van der Waals surface area contributed by atoms with Crippen molar-refractivity contribution in [3.63, 3.8) is 0 Å². The van der Waals surface area contributed by atoms with Crippen LogP contribution in [0.2, 0.25) is 0 Å². The molecule has 1 atom stereocenters. The van der Waals surface area contributed by atoms with E-state index in [9.17, 15) is 4.79 Å². The number of carbonyl (C=O) groups is 1. The molecule has 0 spiro atoms. The Kier molecular flexibility index (Phi) is 3.61. The molecule has 1 aliphatic heterocycles. The number of para-hydroxylation sites is 1. The Morgan fingerprint density at radius 2 is 2.20 bits per heavy atom. The molecule has 0 saturated carbocycles. The topological polar surface area (TPSA) is 53.4 Å². The van der Waals surface area contributed by atoms with Crippen molar-refractivity contribution in [1.82, 2.24) is 4.98 Å². The lowest BCUT2D eigenvalue weighted by Crippen LogP contribution is -2.39. The fourth-order valence-corrected chi connectivity index (χ4v) is 3.13. The third-order valence-electron chi connectivity index (χ3n) is 3.75. The summed E-state index contributed by atoms with van der Waals surface area (Å²) in [5, 5.41) is 10.2. The second kappa shape index (κ2) is 5.40. The van der Waals surface area contributed by atoms with Crippen molar-refractivity contribution in [1.29, 1.82) is 0 Å². The number of carboxylic acids is 1. The van der Waals surface area contributed by atoms with E-state index in [1.54, 1.807) is 0 Å². The summed E-state index contributed by atoms with van der Waals surface area (Å²) in [5.74, 6) is -0.146. The van der Waals surface area contributed by atoms with E-state index in [1.165, 1.54) is 0 Å². The van der Waals surface area contributed by atoms with Crippen LogP contribution in [0.5, 0.6) is 0 Å². The lowest BCUT2D eigenvalue weighted by atomic mass is 9.98. The molecule has 104 valence electrons. The van der Waals surface area contributed by atoms with Crippen molar-refractivity contribution in [2.45, 2.75) is 12.8 Å². The molecule has 1 aromatic heterocycles. The Hall–Kier alpha value is -1.62. The lowest BCUT2D eigenvalue weighted by molar-refractivity contribution is -0.141. The van der Waals surface area contributed by atoms with Gasteiger partial charge >= 0.3 is 5.97 Å². The maximum Gasteiger partial charge on any atom is 0.308 e. The number of aromatic nitrogens is 1. The van der Waals surface area contributed by atoms with Crippen LogP contribution < -0.4 is 4.90 Å². The maximum atomic E-state index is 11.1. The highest BCUT2D eigenvalue weighted by Gasteiger charge is 2.26. The number of benzene rings is 1. The van der Waals surface area contributed by atoms with Crippen LogP contribution in [-0.4, -0.2) is 29.1 Å². The number of rotatable bonds is 2. The average molecular weight is 335 g/mol. The van der Waals surface area contributed by atoms with Crippen LogP contribution in [0, 0.1) is 5.92 Å². The molecule has 2 heterocycles. The van der Waals surface area contributed by atoms with Gasteiger partial charge in [-0.3, -0.25) is 4.79 Å². The van der Waals surface area contributed by atoms with E-state index in [2.05, 4.69) is 25.8 Å². The number of halogens is 1. The Morgan fingerprint density at radius 1 is 1.35 bits per heavy atom. The van der Waals surface area contributed by atoms with E-state index in [4.69, 9.17) is 5.11 Å². The molecule has 1 unspecified atom stereocenters. The van der Waals surface area contributed by atoms with Crippen molar-refractivity contribution in [2.75, 3.05) is 18.0 Å². The monoisotopic (exact) mass is 334 g/mol. The van der Waals surface area contributed by atoms with E-state index in [0.29, 0.717) is 6.54 Å². The van der Waals surface area contributed by atoms with Gasteiger partial charge in [0.2, 0.25) is 0 Å². The molecule has 20 heavy (non-hydrogen) atoms. The number of carboxylic acid groups (broad SMARTS) is 1. The zero-order chi connectivity index (χ0) is 14.1. The summed E-state index contributed by atoms with van der Waals surface area (Å²) in [7, 11) is 0. The molecule has 0 bridgehead atoms. The van der Waals surface area contributed by atoms with Crippen LogP contribution in [0.4, 0.5) is 5.82 Å². The number of hydrogen-bond acceptors (Lipinski definition) is 3. The molecule has 1 aliphatic rings. The predicted octanol–water partition coefficient (Wildman–Crippen LogP) is 3.30. The first-order valence-electron chi connectivity index (χ1n) is 6.68. The number of piperidine rings is 1. The molecule has 1 aromatic carbocycles. The number of fused-ring (bicyclic) bond motifs is 1. The zero-order valence-electron chi connectivity index (χ0n) is 10.9. The Bertz CT molecular complexity index is 659. The summed E-state index contributed by atoms with van der Waals surface area (Å²) in [6.45, 7) is 1.41. The minimum atomic E-state index is -0.711. The molecular weight excluding hydrogens is 320 g/mol. The molecule has 2 aromatic rings. The molecule has 1 N–H and O–H groups in total. The zero-order valence-corrected chi connectivity index (χ0v) is 12.5. The van der Waals surface area contributed by atoms with E-state index >= 15 is 0 Å². The highest BCUT2D eigenvalue weighted by molar-refractivity contribution is 9.10. The first-order chi connectivity index (χ1) is 9.65. The average Bonchev–Trinajstić information content (AvgIpc) is 2.47. The van der Waals surface area contributed by atoms with Gasteiger partial charge in [0.15, 0.2) is 0 Å². The van der Waals surface area contributed by atoms with E-state index in [0.717, 1.165) is 40.6 Å². The van der Waals surface area contributed by atoms with Crippen LogP contribution in [-0.2, 0) is 4.79 Å². The van der Waals surface area contributed by atoms with Crippen LogP contribution in [0.25, 0.3) is 10.9 Å². The second-order valence-electron chi connectivity index (χ2n) is 5.10. The van der Waals surface area contributed by atoms with Gasteiger partial charge in [0.1, 0.15) is 5.82 Å². The minimum absolute atomic E-state index is 0.291. The normalized spacial score (nSPS) is 19.2. The molecule has 1 fully saturated rings. The first-order valence-corrected chi connectivity index (χ1v) is 7.47. The fraction of sp³-hybridized carbons (Fsp3) is 0.333. The molecule has 5 heteroatoms. The van der Waals surface area contributed by atoms with Crippen molar-refractivity contribution in [3.05, 3.63) is 34.8 Å². The quantitative estimate of drug-likeness (QED) is 0.915. The van der Waals surface area contributed by atoms with Gasteiger partial charge < -0.3 is 10.0 Å². The van der Waals surface area contributed by atoms with Crippen LogP contribution in [0.1, 0.15) is 12.8 Å². The molecular formula is C15H15BrN2O2. The number of pyridine rings is 1. The fourth-order valence-electron chi connectivity index (χ4n) is 2.66.